The minimum Gasteiger partial charge on any atom is -0.324 e. The molecule has 1 nitrogen and oxygen atoms in total. The van der Waals surface area contributed by atoms with Crippen LogP contribution >= 0.6 is 0 Å². The summed E-state index contributed by atoms with van der Waals surface area (Å²) in [6.07, 6.45) is 7.41. The summed E-state index contributed by atoms with van der Waals surface area (Å²) >= 11 is 0. The molecule has 16 heavy (non-hydrogen) atoms. The minimum absolute atomic E-state index is 0.225. The number of hydrogen-bond donors (Lipinski definition) is 1. The highest BCUT2D eigenvalue weighted by molar-refractivity contribution is 5.25. The van der Waals surface area contributed by atoms with Gasteiger partial charge in [-0.25, -0.2) is 0 Å². The smallest absolute Gasteiger partial charge is 0.0294 e. The van der Waals surface area contributed by atoms with Gasteiger partial charge in [-0.2, -0.15) is 0 Å². The molecule has 1 aromatic carbocycles. The second-order valence-electron chi connectivity index (χ2n) is 4.55. The predicted molar refractivity (Wildman–Crippen MR) is 71.5 cm³/mol. The van der Waals surface area contributed by atoms with Crippen LogP contribution in [0.1, 0.15) is 63.1 Å². The third-order valence-electron chi connectivity index (χ3n) is 3.16. The molecule has 0 spiro atoms. The summed E-state index contributed by atoms with van der Waals surface area (Å²) in [6.45, 7) is 4.43. The van der Waals surface area contributed by atoms with Gasteiger partial charge in [0.15, 0.2) is 0 Å². The zero-order valence-corrected chi connectivity index (χ0v) is 10.7. The van der Waals surface area contributed by atoms with Crippen molar-refractivity contribution in [1.82, 2.24) is 0 Å². The first-order chi connectivity index (χ1) is 7.77. The van der Waals surface area contributed by atoms with Gasteiger partial charge in [0, 0.05) is 6.04 Å². The van der Waals surface area contributed by atoms with Crippen LogP contribution in [0.15, 0.2) is 24.3 Å². The van der Waals surface area contributed by atoms with Gasteiger partial charge in [-0.1, -0.05) is 63.8 Å². The van der Waals surface area contributed by atoms with Gasteiger partial charge >= 0.3 is 0 Å². The highest BCUT2D eigenvalue weighted by atomic mass is 14.6. The summed E-state index contributed by atoms with van der Waals surface area (Å²) in [5.74, 6) is 0. The number of nitrogens with two attached hydrogens (primary N) is 1. The molecule has 0 saturated heterocycles. The molecule has 1 rings (SSSR count). The van der Waals surface area contributed by atoms with Gasteiger partial charge in [-0.05, 0) is 24.0 Å². The molecule has 0 aliphatic carbocycles. The van der Waals surface area contributed by atoms with E-state index in [4.69, 9.17) is 5.73 Å². The van der Waals surface area contributed by atoms with Crippen LogP contribution in [-0.2, 0) is 6.42 Å². The van der Waals surface area contributed by atoms with Gasteiger partial charge in [-0.3, -0.25) is 0 Å². The first-order valence-electron chi connectivity index (χ1n) is 6.62. The first kappa shape index (κ1) is 13.2. The summed E-state index contributed by atoms with van der Waals surface area (Å²) in [7, 11) is 0. The molecule has 0 aliphatic rings. The summed E-state index contributed by atoms with van der Waals surface area (Å²) in [4.78, 5) is 0. The van der Waals surface area contributed by atoms with E-state index < -0.39 is 0 Å². The Bertz CT molecular complexity index is 293. The maximum atomic E-state index is 6.20. The molecule has 1 atom stereocenters. The maximum Gasteiger partial charge on any atom is 0.0294 e. The molecule has 0 saturated carbocycles. The van der Waals surface area contributed by atoms with Crippen LogP contribution in [0.25, 0.3) is 0 Å². The van der Waals surface area contributed by atoms with Crippen LogP contribution in [-0.4, -0.2) is 0 Å². The number of benzene rings is 1. The zero-order valence-electron chi connectivity index (χ0n) is 10.7. The van der Waals surface area contributed by atoms with E-state index in [-0.39, 0.29) is 6.04 Å². The molecule has 0 heterocycles. The second kappa shape index (κ2) is 7.45. The average Bonchev–Trinajstić information content (AvgIpc) is 2.34. The quantitative estimate of drug-likeness (QED) is 0.683. The fourth-order valence-corrected chi connectivity index (χ4v) is 2.00. The fourth-order valence-electron chi connectivity index (χ4n) is 2.00. The van der Waals surface area contributed by atoms with Crippen molar-refractivity contribution in [2.45, 2.75) is 58.4 Å². The van der Waals surface area contributed by atoms with Crippen molar-refractivity contribution >= 4 is 0 Å². The van der Waals surface area contributed by atoms with E-state index in [9.17, 15) is 0 Å². The van der Waals surface area contributed by atoms with Gasteiger partial charge in [-0.15, -0.1) is 0 Å². The molecular weight excluding hydrogens is 194 g/mol. The molecule has 0 radical (unpaired) electrons. The molecule has 0 aliphatic heterocycles. The molecule has 90 valence electrons. The topological polar surface area (TPSA) is 26.0 Å². The highest BCUT2D eigenvalue weighted by Gasteiger charge is 2.05. The Kier molecular flexibility index (Phi) is 6.17. The van der Waals surface area contributed by atoms with Gasteiger partial charge in [0.2, 0.25) is 0 Å². The Hall–Kier alpha value is -0.820. The van der Waals surface area contributed by atoms with Crippen molar-refractivity contribution in [3.63, 3.8) is 0 Å². The van der Waals surface area contributed by atoms with Gasteiger partial charge in [0.25, 0.3) is 0 Å². The minimum atomic E-state index is 0.225. The van der Waals surface area contributed by atoms with Crippen molar-refractivity contribution in [2.24, 2.45) is 5.73 Å². The molecule has 0 bridgehead atoms. The van der Waals surface area contributed by atoms with Crippen LogP contribution in [0, 0.1) is 0 Å². The van der Waals surface area contributed by atoms with Crippen molar-refractivity contribution < 1.29 is 0 Å². The zero-order chi connectivity index (χ0) is 11.8. The Morgan fingerprint density at radius 3 is 2.62 bits per heavy atom. The van der Waals surface area contributed by atoms with E-state index >= 15 is 0 Å². The molecule has 1 aromatic rings. The summed E-state index contributed by atoms with van der Waals surface area (Å²) in [5.41, 5.74) is 8.89. The van der Waals surface area contributed by atoms with Crippen molar-refractivity contribution in [3.05, 3.63) is 35.4 Å². The largest absolute Gasteiger partial charge is 0.324 e. The summed E-state index contributed by atoms with van der Waals surface area (Å²) < 4.78 is 0. The van der Waals surface area contributed by atoms with E-state index in [2.05, 4.69) is 38.1 Å². The Balaban J connectivity index is 2.42. The summed E-state index contributed by atoms with van der Waals surface area (Å²) in [6, 6.07) is 8.94. The van der Waals surface area contributed by atoms with Crippen LogP contribution in [0.2, 0.25) is 0 Å². The van der Waals surface area contributed by atoms with Crippen LogP contribution in [0.5, 0.6) is 0 Å². The molecule has 0 aromatic heterocycles. The van der Waals surface area contributed by atoms with Crippen molar-refractivity contribution in [2.75, 3.05) is 0 Å². The standard InChI is InChI=1S/C15H25N/c1-3-5-6-7-11-15(16)14-10-8-9-13(4-2)12-14/h8-10,12,15H,3-7,11,16H2,1-2H3. The van der Waals surface area contributed by atoms with Crippen LogP contribution in [0.3, 0.4) is 0 Å². The molecule has 2 N–H and O–H groups in total. The maximum absolute atomic E-state index is 6.20. The Morgan fingerprint density at radius 2 is 1.94 bits per heavy atom. The third kappa shape index (κ3) is 4.36. The van der Waals surface area contributed by atoms with Crippen LogP contribution in [0.4, 0.5) is 0 Å². The predicted octanol–water partition coefficient (Wildman–Crippen LogP) is 4.22. The van der Waals surface area contributed by atoms with E-state index in [1.54, 1.807) is 0 Å². The molecule has 1 unspecified atom stereocenters. The molecule has 1 heteroatoms. The van der Waals surface area contributed by atoms with E-state index in [0.717, 1.165) is 12.8 Å². The molecular formula is C15H25N. The monoisotopic (exact) mass is 219 g/mol. The highest BCUT2D eigenvalue weighted by Crippen LogP contribution is 2.19. The lowest BCUT2D eigenvalue weighted by atomic mass is 9.98. The van der Waals surface area contributed by atoms with Gasteiger partial charge in [0.05, 0.1) is 0 Å². The molecule has 0 fully saturated rings. The Labute approximate surface area is 100 Å². The van der Waals surface area contributed by atoms with Gasteiger partial charge < -0.3 is 5.73 Å². The number of rotatable bonds is 7. The first-order valence-corrected chi connectivity index (χ1v) is 6.62. The Morgan fingerprint density at radius 1 is 1.12 bits per heavy atom. The lowest BCUT2D eigenvalue weighted by Crippen LogP contribution is -2.10. The van der Waals surface area contributed by atoms with Gasteiger partial charge in [0.1, 0.15) is 0 Å². The lowest BCUT2D eigenvalue weighted by molar-refractivity contribution is 0.566. The third-order valence-corrected chi connectivity index (χ3v) is 3.16. The summed E-state index contributed by atoms with van der Waals surface area (Å²) in [5, 5.41) is 0. The van der Waals surface area contributed by atoms with Crippen molar-refractivity contribution in [3.8, 4) is 0 Å². The average molecular weight is 219 g/mol. The normalized spacial score (nSPS) is 12.7. The second-order valence-corrected chi connectivity index (χ2v) is 4.55. The molecule has 0 amide bonds. The van der Waals surface area contributed by atoms with E-state index in [1.165, 1.54) is 36.8 Å². The van der Waals surface area contributed by atoms with Crippen molar-refractivity contribution in [1.29, 1.82) is 0 Å². The fraction of sp³-hybridized carbons (Fsp3) is 0.600. The lowest BCUT2D eigenvalue weighted by Gasteiger charge is -2.12. The van der Waals surface area contributed by atoms with E-state index in [1.807, 2.05) is 0 Å². The van der Waals surface area contributed by atoms with Crippen LogP contribution < -0.4 is 5.73 Å². The number of aryl methyl sites for hydroxylation is 1. The number of hydrogen-bond acceptors (Lipinski definition) is 1. The SMILES string of the molecule is CCCCCCC(N)c1cccc(CC)c1. The van der Waals surface area contributed by atoms with E-state index in [0.29, 0.717) is 0 Å². The number of unbranched alkanes of at least 4 members (excludes halogenated alkanes) is 3.